The molecule has 0 bridgehead atoms. The van der Waals surface area contributed by atoms with Crippen molar-refractivity contribution < 1.29 is 4.79 Å². The third-order valence-electron chi connectivity index (χ3n) is 3.24. The maximum absolute atomic E-state index is 12.4. The number of amides is 1. The highest BCUT2D eigenvalue weighted by Crippen LogP contribution is 2.19. The number of aryl methyl sites for hydroxylation is 3. The van der Waals surface area contributed by atoms with Gasteiger partial charge < -0.3 is 5.32 Å². The summed E-state index contributed by atoms with van der Waals surface area (Å²) in [5.41, 5.74) is 4.35. The molecule has 2 rings (SSSR count). The van der Waals surface area contributed by atoms with Gasteiger partial charge in [-0.25, -0.2) is 9.97 Å². The van der Waals surface area contributed by atoms with Crippen LogP contribution < -0.4 is 5.32 Å². The van der Waals surface area contributed by atoms with E-state index in [4.69, 9.17) is 0 Å². The lowest BCUT2D eigenvalue weighted by Crippen LogP contribution is -2.16. The minimum atomic E-state index is -0.161. The number of hydrogen-bond donors (Lipinski definition) is 1. The minimum Gasteiger partial charge on any atom is -0.322 e. The van der Waals surface area contributed by atoms with Gasteiger partial charge in [-0.1, -0.05) is 36.4 Å². The summed E-state index contributed by atoms with van der Waals surface area (Å²) in [6.07, 6.45) is 4.23. The van der Waals surface area contributed by atoms with Gasteiger partial charge >= 0.3 is 0 Å². The van der Waals surface area contributed by atoms with Crippen LogP contribution in [0.2, 0.25) is 0 Å². The molecule has 1 aromatic heterocycles. The second kappa shape index (κ2) is 6.72. The fourth-order valence-electron chi connectivity index (χ4n) is 2.10. The Morgan fingerprint density at radius 3 is 2.71 bits per heavy atom. The van der Waals surface area contributed by atoms with Crippen molar-refractivity contribution in [3.05, 3.63) is 46.8 Å². The molecule has 0 atom stereocenters. The number of anilines is 1. The SMILES string of the molecule is CCc1nc(SC)ncc1C(=O)Nc1ccc(C)cc1C. The number of nitrogens with one attached hydrogen (secondary N) is 1. The summed E-state index contributed by atoms with van der Waals surface area (Å²) < 4.78 is 0. The first-order valence-corrected chi connectivity index (χ1v) is 8.06. The van der Waals surface area contributed by atoms with Crippen LogP contribution in [0.15, 0.2) is 29.6 Å². The molecule has 110 valence electrons. The molecule has 0 saturated carbocycles. The number of aromatic nitrogens is 2. The van der Waals surface area contributed by atoms with E-state index in [9.17, 15) is 4.79 Å². The molecular formula is C16H19N3OS. The summed E-state index contributed by atoms with van der Waals surface area (Å²) >= 11 is 1.47. The molecule has 0 radical (unpaired) electrons. The molecule has 1 N–H and O–H groups in total. The number of thioether (sulfide) groups is 1. The number of carbonyl (C=O) groups is 1. The first-order valence-electron chi connectivity index (χ1n) is 6.83. The molecule has 0 aliphatic carbocycles. The van der Waals surface area contributed by atoms with Crippen LogP contribution in [-0.4, -0.2) is 22.1 Å². The minimum absolute atomic E-state index is 0.161. The number of hydrogen-bond acceptors (Lipinski definition) is 4. The van der Waals surface area contributed by atoms with Gasteiger partial charge in [-0.15, -0.1) is 0 Å². The Bertz CT molecular complexity index is 671. The van der Waals surface area contributed by atoms with Crippen molar-refractivity contribution in [3.8, 4) is 0 Å². The summed E-state index contributed by atoms with van der Waals surface area (Å²) in [6, 6.07) is 5.95. The standard InChI is InChI=1S/C16H19N3OS/c1-5-13-12(9-17-16(19-13)21-4)15(20)18-14-7-6-10(2)8-11(14)3/h6-9H,5H2,1-4H3,(H,18,20). The molecular weight excluding hydrogens is 282 g/mol. The average Bonchev–Trinajstić information content (AvgIpc) is 2.49. The van der Waals surface area contributed by atoms with Crippen LogP contribution in [0, 0.1) is 13.8 Å². The zero-order valence-corrected chi connectivity index (χ0v) is 13.5. The third-order valence-corrected chi connectivity index (χ3v) is 3.80. The van der Waals surface area contributed by atoms with Crippen LogP contribution >= 0.6 is 11.8 Å². The topological polar surface area (TPSA) is 54.9 Å². The molecule has 0 aliphatic heterocycles. The van der Waals surface area contributed by atoms with Crippen molar-refractivity contribution in [2.75, 3.05) is 11.6 Å². The molecule has 21 heavy (non-hydrogen) atoms. The van der Waals surface area contributed by atoms with Crippen LogP contribution in [0.1, 0.15) is 34.1 Å². The van der Waals surface area contributed by atoms with E-state index < -0.39 is 0 Å². The van der Waals surface area contributed by atoms with Gasteiger partial charge in [0.25, 0.3) is 5.91 Å². The fraction of sp³-hybridized carbons (Fsp3) is 0.312. The van der Waals surface area contributed by atoms with Gasteiger partial charge in [0.2, 0.25) is 0 Å². The maximum Gasteiger partial charge on any atom is 0.259 e. The number of nitrogens with zero attached hydrogens (tertiary/aromatic N) is 2. The largest absolute Gasteiger partial charge is 0.322 e. The Kier molecular flexibility index (Phi) is 4.96. The number of benzene rings is 1. The van der Waals surface area contributed by atoms with E-state index >= 15 is 0 Å². The molecule has 2 aromatic rings. The van der Waals surface area contributed by atoms with Crippen LogP contribution in [0.4, 0.5) is 5.69 Å². The highest BCUT2D eigenvalue weighted by atomic mass is 32.2. The van der Waals surface area contributed by atoms with E-state index in [0.29, 0.717) is 17.1 Å². The predicted octanol–water partition coefficient (Wildman–Crippen LogP) is 3.63. The first-order chi connectivity index (χ1) is 10.0. The normalized spacial score (nSPS) is 10.5. The fourth-order valence-corrected chi connectivity index (χ4v) is 2.46. The molecule has 5 heteroatoms. The zero-order valence-electron chi connectivity index (χ0n) is 12.7. The van der Waals surface area contributed by atoms with Crippen molar-refractivity contribution in [3.63, 3.8) is 0 Å². The van der Waals surface area contributed by atoms with Gasteiger partial charge in [-0.05, 0) is 38.2 Å². The van der Waals surface area contributed by atoms with Crippen LogP contribution in [0.3, 0.4) is 0 Å². The Balaban J connectivity index is 2.28. The summed E-state index contributed by atoms with van der Waals surface area (Å²) in [6.45, 7) is 6.00. The molecule has 1 heterocycles. The Morgan fingerprint density at radius 1 is 1.33 bits per heavy atom. The molecule has 0 aliphatic rings. The molecule has 0 unspecified atom stereocenters. The quantitative estimate of drug-likeness (QED) is 0.692. The zero-order chi connectivity index (χ0) is 15.4. The van der Waals surface area contributed by atoms with E-state index in [1.165, 1.54) is 17.3 Å². The van der Waals surface area contributed by atoms with Gasteiger partial charge in [0, 0.05) is 11.9 Å². The summed E-state index contributed by atoms with van der Waals surface area (Å²) in [7, 11) is 0. The van der Waals surface area contributed by atoms with E-state index in [-0.39, 0.29) is 5.91 Å². The van der Waals surface area contributed by atoms with Crippen molar-refractivity contribution >= 4 is 23.4 Å². The van der Waals surface area contributed by atoms with Gasteiger partial charge in [-0.2, -0.15) is 0 Å². The van der Waals surface area contributed by atoms with E-state index in [1.807, 2.05) is 45.2 Å². The second-order valence-electron chi connectivity index (χ2n) is 4.84. The summed E-state index contributed by atoms with van der Waals surface area (Å²) in [4.78, 5) is 21.0. The van der Waals surface area contributed by atoms with E-state index in [2.05, 4.69) is 15.3 Å². The third kappa shape index (κ3) is 3.61. The van der Waals surface area contributed by atoms with Crippen LogP contribution in [0.5, 0.6) is 0 Å². The number of rotatable bonds is 4. The van der Waals surface area contributed by atoms with Crippen LogP contribution in [0.25, 0.3) is 0 Å². The molecule has 0 saturated heterocycles. The lowest BCUT2D eigenvalue weighted by molar-refractivity contribution is 0.102. The first kappa shape index (κ1) is 15.5. The summed E-state index contributed by atoms with van der Waals surface area (Å²) in [5.74, 6) is -0.161. The van der Waals surface area contributed by atoms with Gasteiger partial charge in [-0.3, -0.25) is 4.79 Å². The predicted molar refractivity (Wildman–Crippen MR) is 87.1 cm³/mol. The van der Waals surface area contributed by atoms with Gasteiger partial charge in [0.1, 0.15) is 0 Å². The number of carbonyl (C=O) groups excluding carboxylic acids is 1. The summed E-state index contributed by atoms with van der Waals surface area (Å²) in [5, 5.41) is 3.63. The Hall–Kier alpha value is -1.88. The van der Waals surface area contributed by atoms with Crippen LogP contribution in [-0.2, 0) is 6.42 Å². The molecule has 1 amide bonds. The average molecular weight is 301 g/mol. The van der Waals surface area contributed by atoms with E-state index in [0.717, 1.165) is 16.9 Å². The van der Waals surface area contributed by atoms with Gasteiger partial charge in [0.05, 0.1) is 11.3 Å². The van der Waals surface area contributed by atoms with E-state index in [1.54, 1.807) is 6.20 Å². The smallest absolute Gasteiger partial charge is 0.259 e. The highest BCUT2D eigenvalue weighted by Gasteiger charge is 2.14. The second-order valence-corrected chi connectivity index (χ2v) is 5.62. The Morgan fingerprint density at radius 2 is 2.10 bits per heavy atom. The van der Waals surface area contributed by atoms with Crippen molar-refractivity contribution in [1.29, 1.82) is 0 Å². The van der Waals surface area contributed by atoms with Crippen molar-refractivity contribution in [2.24, 2.45) is 0 Å². The molecule has 0 spiro atoms. The lowest BCUT2D eigenvalue weighted by Gasteiger charge is -2.11. The van der Waals surface area contributed by atoms with Crippen molar-refractivity contribution in [2.45, 2.75) is 32.3 Å². The Labute approximate surface area is 129 Å². The lowest BCUT2D eigenvalue weighted by atomic mass is 10.1. The van der Waals surface area contributed by atoms with Gasteiger partial charge in [0.15, 0.2) is 5.16 Å². The van der Waals surface area contributed by atoms with Crippen molar-refractivity contribution in [1.82, 2.24) is 9.97 Å². The highest BCUT2D eigenvalue weighted by molar-refractivity contribution is 7.98. The molecule has 4 nitrogen and oxygen atoms in total. The molecule has 0 fully saturated rings. The maximum atomic E-state index is 12.4. The molecule has 1 aromatic carbocycles. The monoisotopic (exact) mass is 301 g/mol.